The summed E-state index contributed by atoms with van der Waals surface area (Å²) in [6.45, 7) is 0.160. The first-order chi connectivity index (χ1) is 11.6. The van der Waals surface area contributed by atoms with Crippen LogP contribution in [0.4, 0.5) is 17.3 Å². The lowest BCUT2D eigenvalue weighted by atomic mass is 10.3. The second kappa shape index (κ2) is 6.97. The van der Waals surface area contributed by atoms with Gasteiger partial charge >= 0.3 is 0 Å². The van der Waals surface area contributed by atoms with Crippen LogP contribution in [-0.2, 0) is 6.61 Å². The molecule has 0 saturated heterocycles. The number of ether oxygens (including phenoxy) is 1. The van der Waals surface area contributed by atoms with Crippen molar-refractivity contribution >= 4 is 28.9 Å². The van der Waals surface area contributed by atoms with Crippen molar-refractivity contribution in [2.24, 2.45) is 0 Å². The Morgan fingerprint density at radius 2 is 1.88 bits per heavy atom. The maximum atomic E-state index is 10.6. The van der Waals surface area contributed by atoms with Crippen molar-refractivity contribution in [1.82, 2.24) is 15.2 Å². The fourth-order valence-electron chi connectivity index (χ4n) is 1.89. The van der Waals surface area contributed by atoms with Crippen LogP contribution < -0.4 is 10.1 Å². The Bertz CT molecular complexity index is 833. The Balaban J connectivity index is 1.57. The van der Waals surface area contributed by atoms with Crippen LogP contribution >= 0.6 is 11.6 Å². The van der Waals surface area contributed by atoms with E-state index in [2.05, 4.69) is 20.5 Å². The van der Waals surface area contributed by atoms with Gasteiger partial charge in [-0.25, -0.2) is 0 Å². The van der Waals surface area contributed by atoms with Crippen LogP contribution in [0.3, 0.4) is 0 Å². The zero-order valence-electron chi connectivity index (χ0n) is 12.3. The molecule has 0 aliphatic carbocycles. The molecule has 2 N–H and O–H groups in total. The Hall–Kier alpha value is -3.13. The first-order valence-electron chi connectivity index (χ1n) is 6.91. The predicted octanol–water partition coefficient (Wildman–Crippen LogP) is 3.69. The number of aromatic nitrogens is 3. The second-order valence-corrected chi connectivity index (χ2v) is 5.21. The van der Waals surface area contributed by atoms with Crippen LogP contribution in [0.5, 0.6) is 5.75 Å². The fraction of sp³-hybridized carbons (Fsp3) is 0.0667. The third-order valence-corrected chi connectivity index (χ3v) is 3.31. The molecule has 0 saturated carbocycles. The Morgan fingerprint density at radius 3 is 2.54 bits per heavy atom. The third kappa shape index (κ3) is 3.99. The Kier molecular flexibility index (Phi) is 4.57. The van der Waals surface area contributed by atoms with E-state index in [9.17, 15) is 10.1 Å². The molecule has 3 aromatic rings. The van der Waals surface area contributed by atoms with Crippen LogP contribution in [-0.4, -0.2) is 20.1 Å². The smallest absolute Gasteiger partial charge is 0.269 e. The minimum atomic E-state index is -0.463. The monoisotopic (exact) mass is 345 g/mol. The van der Waals surface area contributed by atoms with Gasteiger partial charge in [-0.2, -0.15) is 4.98 Å². The van der Waals surface area contributed by atoms with E-state index >= 15 is 0 Å². The SMILES string of the molecule is O=[N+]([O-])c1ccc(OCc2nc(Nc3ccc(Cl)cc3)n[nH]2)cc1. The quantitative estimate of drug-likeness (QED) is 0.521. The molecule has 24 heavy (non-hydrogen) atoms. The first-order valence-corrected chi connectivity index (χ1v) is 7.29. The number of aromatic amines is 1. The summed E-state index contributed by atoms with van der Waals surface area (Å²) in [5.41, 5.74) is 0.817. The first kappa shape index (κ1) is 15.8. The molecule has 0 fully saturated rings. The van der Waals surface area contributed by atoms with Crippen LogP contribution in [0, 0.1) is 10.1 Å². The number of non-ortho nitro benzene ring substituents is 1. The molecule has 1 heterocycles. The number of anilines is 2. The second-order valence-electron chi connectivity index (χ2n) is 4.78. The predicted molar refractivity (Wildman–Crippen MR) is 88.5 cm³/mol. The average Bonchev–Trinajstić information content (AvgIpc) is 3.03. The van der Waals surface area contributed by atoms with Crippen LogP contribution in [0.25, 0.3) is 0 Å². The van der Waals surface area contributed by atoms with Crippen molar-refractivity contribution in [3.8, 4) is 5.75 Å². The number of halogens is 1. The number of benzene rings is 2. The summed E-state index contributed by atoms with van der Waals surface area (Å²) in [5.74, 6) is 1.42. The zero-order valence-corrected chi connectivity index (χ0v) is 13.0. The van der Waals surface area contributed by atoms with E-state index in [1.807, 2.05) is 12.1 Å². The van der Waals surface area contributed by atoms with Crippen molar-refractivity contribution in [2.75, 3.05) is 5.32 Å². The summed E-state index contributed by atoms with van der Waals surface area (Å²) in [5, 5.41) is 21.1. The maximum Gasteiger partial charge on any atom is 0.269 e. The molecule has 3 rings (SSSR count). The van der Waals surface area contributed by atoms with Gasteiger partial charge in [0.1, 0.15) is 12.4 Å². The molecule has 0 unspecified atom stereocenters. The molecule has 0 amide bonds. The van der Waals surface area contributed by atoms with Gasteiger partial charge in [0, 0.05) is 22.8 Å². The molecule has 0 bridgehead atoms. The molecule has 0 aliphatic rings. The largest absolute Gasteiger partial charge is 0.486 e. The standard InChI is InChI=1S/C15H12ClN5O3/c16-10-1-3-11(4-2-10)17-15-18-14(19-20-15)9-24-13-7-5-12(6-8-13)21(22)23/h1-8H,9H2,(H2,17,18,19,20). The lowest BCUT2D eigenvalue weighted by Crippen LogP contribution is -1.98. The van der Waals surface area contributed by atoms with Gasteiger partial charge in [-0.15, -0.1) is 5.10 Å². The minimum absolute atomic E-state index is 0.0106. The normalized spacial score (nSPS) is 10.4. The van der Waals surface area contributed by atoms with Gasteiger partial charge in [0.2, 0.25) is 5.95 Å². The van der Waals surface area contributed by atoms with Gasteiger partial charge in [0.25, 0.3) is 5.69 Å². The lowest BCUT2D eigenvalue weighted by Gasteiger charge is -2.03. The molecular formula is C15H12ClN5O3. The molecule has 1 aromatic heterocycles. The highest BCUT2D eigenvalue weighted by atomic mass is 35.5. The molecule has 0 atom stereocenters. The summed E-state index contributed by atoms with van der Waals surface area (Å²) < 4.78 is 5.50. The number of nitro benzene ring substituents is 1. The van der Waals surface area contributed by atoms with Crippen molar-refractivity contribution in [2.45, 2.75) is 6.61 Å². The highest BCUT2D eigenvalue weighted by Gasteiger charge is 2.07. The number of hydrogen-bond donors (Lipinski definition) is 2. The van der Waals surface area contributed by atoms with Crippen molar-refractivity contribution in [3.05, 3.63) is 69.5 Å². The van der Waals surface area contributed by atoms with Gasteiger partial charge < -0.3 is 10.1 Å². The topological polar surface area (TPSA) is 106 Å². The van der Waals surface area contributed by atoms with E-state index in [0.29, 0.717) is 22.5 Å². The third-order valence-electron chi connectivity index (χ3n) is 3.06. The van der Waals surface area contributed by atoms with Gasteiger partial charge in [-0.05, 0) is 36.4 Å². The molecular weight excluding hydrogens is 334 g/mol. The highest BCUT2D eigenvalue weighted by molar-refractivity contribution is 6.30. The summed E-state index contributed by atoms with van der Waals surface area (Å²) in [6.07, 6.45) is 0. The van der Waals surface area contributed by atoms with E-state index in [0.717, 1.165) is 5.69 Å². The number of nitrogens with one attached hydrogen (secondary N) is 2. The highest BCUT2D eigenvalue weighted by Crippen LogP contribution is 2.19. The Morgan fingerprint density at radius 1 is 1.17 bits per heavy atom. The van der Waals surface area contributed by atoms with Crippen LogP contribution in [0.15, 0.2) is 48.5 Å². The van der Waals surface area contributed by atoms with Gasteiger partial charge in [-0.1, -0.05) is 11.6 Å². The summed E-state index contributed by atoms with van der Waals surface area (Å²) in [7, 11) is 0. The lowest BCUT2D eigenvalue weighted by molar-refractivity contribution is -0.384. The van der Waals surface area contributed by atoms with Crippen molar-refractivity contribution in [3.63, 3.8) is 0 Å². The van der Waals surface area contributed by atoms with Gasteiger partial charge in [0.15, 0.2) is 5.82 Å². The zero-order chi connectivity index (χ0) is 16.9. The van der Waals surface area contributed by atoms with E-state index < -0.39 is 4.92 Å². The summed E-state index contributed by atoms with van der Waals surface area (Å²) in [6, 6.07) is 13.0. The molecule has 122 valence electrons. The van der Waals surface area contributed by atoms with Crippen molar-refractivity contribution < 1.29 is 9.66 Å². The molecule has 0 spiro atoms. The minimum Gasteiger partial charge on any atom is -0.486 e. The van der Waals surface area contributed by atoms with Crippen LogP contribution in [0.1, 0.15) is 5.82 Å². The van der Waals surface area contributed by atoms with Crippen molar-refractivity contribution in [1.29, 1.82) is 0 Å². The summed E-state index contributed by atoms with van der Waals surface area (Å²) in [4.78, 5) is 14.4. The summed E-state index contributed by atoms with van der Waals surface area (Å²) >= 11 is 5.83. The fourth-order valence-corrected chi connectivity index (χ4v) is 2.02. The van der Waals surface area contributed by atoms with Gasteiger partial charge in [-0.3, -0.25) is 15.2 Å². The molecule has 0 radical (unpaired) electrons. The molecule has 2 aromatic carbocycles. The van der Waals surface area contributed by atoms with E-state index in [1.165, 1.54) is 24.3 Å². The van der Waals surface area contributed by atoms with E-state index in [4.69, 9.17) is 16.3 Å². The van der Waals surface area contributed by atoms with Gasteiger partial charge in [0.05, 0.1) is 4.92 Å². The van der Waals surface area contributed by atoms with E-state index in [-0.39, 0.29) is 12.3 Å². The Labute approximate surface area is 141 Å². The molecule has 9 heteroatoms. The average molecular weight is 346 g/mol. The number of hydrogen-bond acceptors (Lipinski definition) is 6. The van der Waals surface area contributed by atoms with E-state index in [1.54, 1.807) is 12.1 Å². The number of nitrogens with zero attached hydrogens (tertiary/aromatic N) is 3. The maximum absolute atomic E-state index is 10.6. The molecule has 8 nitrogen and oxygen atoms in total. The number of nitro groups is 1. The van der Waals surface area contributed by atoms with Crippen LogP contribution in [0.2, 0.25) is 5.02 Å². The molecule has 0 aliphatic heterocycles. The number of H-pyrrole nitrogens is 1. The number of rotatable bonds is 6.